The fraction of sp³-hybridized carbons (Fsp3) is 0.538. The van der Waals surface area contributed by atoms with E-state index in [9.17, 15) is 24.3 Å². The number of hydrogen-bond acceptors (Lipinski definition) is 5. The van der Waals surface area contributed by atoms with Crippen molar-refractivity contribution in [3.63, 3.8) is 0 Å². The Balaban J connectivity index is 1.94. The van der Waals surface area contributed by atoms with Gasteiger partial charge in [-0.15, -0.1) is 11.8 Å². The molecule has 2 aliphatic rings. The number of carbonyl (C=O) groups excluding carboxylic acids is 2. The van der Waals surface area contributed by atoms with Crippen LogP contribution in [0.4, 0.5) is 0 Å². The Bertz CT molecular complexity index is 573. The van der Waals surface area contributed by atoms with Gasteiger partial charge in [-0.2, -0.15) is 0 Å². The van der Waals surface area contributed by atoms with Gasteiger partial charge in [0.05, 0.1) is 0 Å². The first-order chi connectivity index (χ1) is 10.3. The highest BCUT2D eigenvalue weighted by Crippen LogP contribution is 2.40. The van der Waals surface area contributed by atoms with Crippen molar-refractivity contribution < 1.29 is 29.4 Å². The Hall–Kier alpha value is -2.03. The van der Waals surface area contributed by atoms with Crippen LogP contribution in [0.1, 0.15) is 26.2 Å². The van der Waals surface area contributed by atoms with Crippen LogP contribution in [0, 0.1) is 0 Å². The van der Waals surface area contributed by atoms with E-state index in [4.69, 9.17) is 5.11 Å². The zero-order chi connectivity index (χ0) is 16.4. The molecule has 2 aliphatic heterocycles. The Morgan fingerprint density at radius 1 is 1.32 bits per heavy atom. The number of carboxylic acids is 2. The lowest BCUT2D eigenvalue weighted by molar-refractivity contribution is -0.150. The van der Waals surface area contributed by atoms with Crippen molar-refractivity contribution in [1.82, 2.24) is 10.2 Å². The predicted octanol–water partition coefficient (Wildman–Crippen LogP) is -0.000200. The fourth-order valence-corrected chi connectivity index (χ4v) is 3.71. The number of rotatable bonds is 6. The summed E-state index contributed by atoms with van der Waals surface area (Å²) in [5, 5.41) is 19.8. The number of nitrogens with one attached hydrogen (secondary N) is 1. The molecule has 2 rings (SSSR count). The average molecular weight is 328 g/mol. The molecule has 2 heterocycles. The minimum absolute atomic E-state index is 0.00914. The van der Waals surface area contributed by atoms with Crippen molar-refractivity contribution in [1.29, 1.82) is 0 Å². The summed E-state index contributed by atoms with van der Waals surface area (Å²) in [6.45, 7) is 1.66. The predicted molar refractivity (Wildman–Crippen MR) is 76.8 cm³/mol. The molecular formula is C13H16N2O6S. The smallest absolute Gasteiger partial charge is 0.352 e. The molecule has 0 aromatic carbocycles. The zero-order valence-corrected chi connectivity index (χ0v) is 12.7. The maximum atomic E-state index is 12.1. The second kappa shape index (κ2) is 6.39. The zero-order valence-electron chi connectivity index (χ0n) is 11.9. The van der Waals surface area contributed by atoms with E-state index in [2.05, 4.69) is 5.32 Å². The molecular weight excluding hydrogens is 312 g/mol. The van der Waals surface area contributed by atoms with Crippen LogP contribution in [-0.4, -0.2) is 56.0 Å². The van der Waals surface area contributed by atoms with E-state index in [1.165, 1.54) is 16.7 Å². The summed E-state index contributed by atoms with van der Waals surface area (Å²) in [5.41, 5.74) is 0.610. The van der Waals surface area contributed by atoms with Crippen molar-refractivity contribution in [3.05, 3.63) is 11.3 Å². The van der Waals surface area contributed by atoms with Gasteiger partial charge in [0, 0.05) is 18.6 Å². The maximum absolute atomic E-state index is 12.1. The number of β-lactam (4-membered cyclic amide) rings is 1. The minimum Gasteiger partial charge on any atom is -0.481 e. The highest BCUT2D eigenvalue weighted by Gasteiger charge is 2.53. The molecule has 8 nitrogen and oxygen atoms in total. The van der Waals surface area contributed by atoms with Crippen molar-refractivity contribution in [3.8, 4) is 0 Å². The van der Waals surface area contributed by atoms with Crippen molar-refractivity contribution in [2.75, 3.05) is 5.75 Å². The van der Waals surface area contributed by atoms with Crippen LogP contribution in [0.5, 0.6) is 0 Å². The molecule has 3 N–H and O–H groups in total. The molecule has 0 radical (unpaired) electrons. The summed E-state index contributed by atoms with van der Waals surface area (Å²) < 4.78 is 0. The molecule has 0 unspecified atom stereocenters. The lowest BCUT2D eigenvalue weighted by atomic mass is 10.0. The minimum atomic E-state index is -1.15. The molecule has 0 aromatic heterocycles. The second-order valence-electron chi connectivity index (χ2n) is 5.14. The first-order valence-electron chi connectivity index (χ1n) is 6.71. The maximum Gasteiger partial charge on any atom is 0.352 e. The van der Waals surface area contributed by atoms with E-state index >= 15 is 0 Å². The number of aliphatic carboxylic acids is 2. The van der Waals surface area contributed by atoms with Crippen molar-refractivity contribution in [2.45, 2.75) is 37.6 Å². The summed E-state index contributed by atoms with van der Waals surface area (Å²) in [5.74, 6) is -2.49. The van der Waals surface area contributed by atoms with Gasteiger partial charge in [-0.25, -0.2) is 4.79 Å². The lowest BCUT2D eigenvalue weighted by Crippen LogP contribution is -2.70. The van der Waals surface area contributed by atoms with E-state index in [0.717, 1.165) is 0 Å². The Labute approximate surface area is 130 Å². The molecule has 1 saturated heterocycles. The Morgan fingerprint density at radius 2 is 2.00 bits per heavy atom. The third-order valence-corrected chi connectivity index (χ3v) is 4.90. The molecule has 0 bridgehead atoms. The number of amides is 2. The summed E-state index contributed by atoms with van der Waals surface area (Å²) in [4.78, 5) is 46.6. The van der Waals surface area contributed by atoms with Crippen LogP contribution in [0.15, 0.2) is 11.3 Å². The molecule has 0 spiro atoms. The van der Waals surface area contributed by atoms with E-state index in [1.807, 2.05) is 0 Å². The third-order valence-electron chi connectivity index (χ3n) is 3.47. The normalized spacial score (nSPS) is 23.7. The van der Waals surface area contributed by atoms with Crippen LogP contribution in [-0.2, 0) is 19.2 Å². The number of fused-ring (bicyclic) bond motifs is 1. The lowest BCUT2D eigenvalue weighted by Gasteiger charge is -2.49. The van der Waals surface area contributed by atoms with Gasteiger partial charge in [0.1, 0.15) is 17.1 Å². The summed E-state index contributed by atoms with van der Waals surface area (Å²) in [6.07, 6.45) is 0.110. The van der Waals surface area contributed by atoms with Crippen molar-refractivity contribution in [2.24, 2.45) is 0 Å². The van der Waals surface area contributed by atoms with Gasteiger partial charge in [0.2, 0.25) is 5.91 Å². The number of carbonyl (C=O) groups is 4. The van der Waals surface area contributed by atoms with E-state index in [-0.39, 0.29) is 25.0 Å². The highest BCUT2D eigenvalue weighted by atomic mass is 32.2. The topological polar surface area (TPSA) is 124 Å². The monoisotopic (exact) mass is 328 g/mol. The summed E-state index contributed by atoms with van der Waals surface area (Å²) in [7, 11) is 0. The molecule has 2 atom stereocenters. The number of carboxylic acid groups (broad SMARTS) is 2. The van der Waals surface area contributed by atoms with Crippen LogP contribution in [0.3, 0.4) is 0 Å². The van der Waals surface area contributed by atoms with Gasteiger partial charge >= 0.3 is 11.9 Å². The van der Waals surface area contributed by atoms with Crippen LogP contribution in [0.2, 0.25) is 0 Å². The van der Waals surface area contributed by atoms with Gasteiger partial charge in [-0.1, -0.05) is 0 Å². The quantitative estimate of drug-likeness (QED) is 0.586. The van der Waals surface area contributed by atoms with Crippen molar-refractivity contribution >= 4 is 35.5 Å². The molecule has 0 aromatic rings. The fourth-order valence-electron chi connectivity index (χ4n) is 2.42. The highest BCUT2D eigenvalue weighted by molar-refractivity contribution is 8.00. The summed E-state index contributed by atoms with van der Waals surface area (Å²) in [6, 6.07) is -0.746. The first kappa shape index (κ1) is 16.3. The molecule has 1 fully saturated rings. The summed E-state index contributed by atoms with van der Waals surface area (Å²) >= 11 is 1.40. The van der Waals surface area contributed by atoms with Gasteiger partial charge in [0.15, 0.2) is 0 Å². The Morgan fingerprint density at radius 3 is 2.59 bits per heavy atom. The third kappa shape index (κ3) is 3.08. The molecule has 9 heteroatoms. The molecule has 0 saturated carbocycles. The second-order valence-corrected chi connectivity index (χ2v) is 6.24. The molecule has 120 valence electrons. The van der Waals surface area contributed by atoms with Crippen LogP contribution < -0.4 is 5.32 Å². The number of nitrogens with zero attached hydrogens (tertiary/aromatic N) is 1. The molecule has 0 aliphatic carbocycles. The largest absolute Gasteiger partial charge is 0.481 e. The Kier molecular flexibility index (Phi) is 4.74. The van der Waals surface area contributed by atoms with E-state index in [0.29, 0.717) is 11.3 Å². The number of thioether (sulfide) groups is 1. The van der Waals surface area contributed by atoms with Gasteiger partial charge in [-0.05, 0) is 18.9 Å². The number of hydrogen-bond donors (Lipinski definition) is 3. The first-order valence-corrected chi connectivity index (χ1v) is 7.76. The van der Waals surface area contributed by atoms with Crippen LogP contribution >= 0.6 is 11.8 Å². The van der Waals surface area contributed by atoms with E-state index in [1.54, 1.807) is 6.92 Å². The SMILES string of the molecule is CC1=C(C(=O)O)N2C(=O)[C@@H](NC(=O)CCCC(=O)O)[C@@H]2SC1. The standard InChI is InChI=1S/C13H16N2O6S/c1-6-5-22-12-9(11(19)15(12)10(6)13(20)21)14-7(16)3-2-4-8(17)18/h9,12H,2-5H2,1H3,(H,14,16)(H,17,18)(H,20,21)/t9-,12+/m1/s1. The average Bonchev–Trinajstić information content (AvgIpc) is 2.43. The van der Waals surface area contributed by atoms with E-state index < -0.39 is 35.2 Å². The molecule has 22 heavy (non-hydrogen) atoms. The van der Waals surface area contributed by atoms with Gasteiger partial charge < -0.3 is 15.5 Å². The van der Waals surface area contributed by atoms with Gasteiger partial charge in [0.25, 0.3) is 5.91 Å². The van der Waals surface area contributed by atoms with Gasteiger partial charge in [-0.3, -0.25) is 19.3 Å². The molecule has 2 amide bonds. The van der Waals surface area contributed by atoms with Crippen LogP contribution in [0.25, 0.3) is 0 Å².